The molecule has 4 aliphatic rings. The number of aliphatic hydroxyl groups is 2. The van der Waals surface area contributed by atoms with Crippen LogP contribution in [0.4, 0.5) is 8.78 Å². The number of rotatable bonds is 27. The van der Waals surface area contributed by atoms with Gasteiger partial charge < -0.3 is 67.7 Å². The number of carbonyl (C=O) groups is 4. The largest absolute Gasteiger partial charge is 0.489 e. The molecule has 458 valence electrons. The first-order valence-corrected chi connectivity index (χ1v) is 29.6. The molecule has 2 N–H and O–H groups in total. The average Bonchev–Trinajstić information content (AvgIpc) is 3.69. The molecule has 4 saturated heterocycles. The van der Waals surface area contributed by atoms with Crippen LogP contribution in [0.25, 0.3) is 0 Å². The minimum Gasteiger partial charge on any atom is -0.489 e. The van der Waals surface area contributed by atoms with Gasteiger partial charge in [-0.15, -0.1) is 0 Å². The summed E-state index contributed by atoms with van der Waals surface area (Å²) >= 11 is 0. The van der Waals surface area contributed by atoms with Gasteiger partial charge in [0.05, 0.1) is 39.3 Å². The number of amides is 2. The number of ether oxygens (including phenoxy) is 8. The van der Waals surface area contributed by atoms with Gasteiger partial charge in [-0.3, -0.25) is 9.59 Å². The lowest BCUT2D eigenvalue weighted by Crippen LogP contribution is -2.48. The van der Waals surface area contributed by atoms with Crippen molar-refractivity contribution in [2.24, 2.45) is 0 Å². The van der Waals surface area contributed by atoms with E-state index in [1.54, 1.807) is 100 Å². The van der Waals surface area contributed by atoms with Crippen LogP contribution < -0.4 is 9.47 Å². The molecule has 4 aromatic rings. The van der Waals surface area contributed by atoms with Crippen LogP contribution >= 0.6 is 0 Å². The van der Waals surface area contributed by atoms with E-state index in [9.17, 15) is 38.2 Å². The quantitative estimate of drug-likeness (QED) is 0.0570. The van der Waals surface area contributed by atoms with Crippen LogP contribution in [0.3, 0.4) is 0 Å². The second-order valence-electron chi connectivity index (χ2n) is 23.5. The zero-order chi connectivity index (χ0) is 59.6. The van der Waals surface area contributed by atoms with Crippen LogP contribution in [0, 0.1) is 11.6 Å². The number of hydrogen-bond donors (Lipinski definition) is 2. The summed E-state index contributed by atoms with van der Waals surface area (Å²) in [6, 6.07) is 26.4. The number of halogens is 2. The lowest BCUT2D eigenvalue weighted by molar-refractivity contribution is -0.189. The lowest BCUT2D eigenvalue weighted by atomic mass is 10.0. The molecule has 0 aromatic heterocycles. The molecule has 4 aromatic carbocycles. The third kappa shape index (κ3) is 20.0. The Morgan fingerprint density at radius 2 is 0.845 bits per heavy atom. The molecule has 2 unspecified atom stereocenters. The van der Waals surface area contributed by atoms with Crippen LogP contribution in [0.15, 0.2) is 97.1 Å². The number of likely N-dealkylation sites (tertiary alicyclic amines) is 2. The summed E-state index contributed by atoms with van der Waals surface area (Å²) in [5.41, 5.74) is 0.523. The van der Waals surface area contributed by atoms with Crippen LogP contribution in [0.5, 0.6) is 11.5 Å². The zero-order valence-electron chi connectivity index (χ0n) is 49.0. The normalized spacial score (nSPS) is 18.1. The third-order valence-corrected chi connectivity index (χ3v) is 15.6. The number of carbonyl (C=O) groups excluding carboxylic acids is 4. The van der Waals surface area contributed by atoms with Gasteiger partial charge in [0, 0.05) is 77.3 Å². The highest BCUT2D eigenvalue weighted by molar-refractivity contribution is 5.85. The third-order valence-electron chi connectivity index (χ3n) is 15.6. The maximum Gasteiger partial charge on any atom is 0.339 e. The molecule has 4 aliphatic heterocycles. The Morgan fingerprint density at radius 3 is 1.18 bits per heavy atom. The van der Waals surface area contributed by atoms with Crippen molar-refractivity contribution >= 4 is 23.8 Å². The summed E-state index contributed by atoms with van der Waals surface area (Å²) in [6.45, 7) is 14.4. The van der Waals surface area contributed by atoms with Crippen molar-refractivity contribution in [1.82, 2.24) is 19.6 Å². The SMILES string of the molecule is CC(C)(COc1ccc(CC(=O)N(Cc2ccc(F)cc2)C2CCN(CCC3OCCCO3)CC2)cc1)OC(=O)C(O)C(O)C(=O)OC(C)(C)COc1ccc(CC(=O)N(Cc2ccc(F)cc2)C2CCN(CCC3OCCCO3)CC2)cc1. The van der Waals surface area contributed by atoms with Crippen molar-refractivity contribution in [2.45, 2.75) is 153 Å². The minimum absolute atomic E-state index is 0.00346. The second kappa shape index (κ2) is 30.8. The molecule has 0 bridgehead atoms. The highest BCUT2D eigenvalue weighted by atomic mass is 19.1. The molecule has 2 amide bonds. The van der Waals surface area contributed by atoms with Gasteiger partial charge in [-0.2, -0.15) is 0 Å². The number of benzene rings is 4. The van der Waals surface area contributed by atoms with Gasteiger partial charge in [0.1, 0.15) is 47.5 Å². The molecule has 18 nitrogen and oxygen atoms in total. The van der Waals surface area contributed by atoms with Crippen molar-refractivity contribution < 1.29 is 76.1 Å². The van der Waals surface area contributed by atoms with E-state index in [-0.39, 0.29) is 74.2 Å². The lowest BCUT2D eigenvalue weighted by Gasteiger charge is -2.39. The van der Waals surface area contributed by atoms with Gasteiger partial charge in [0.25, 0.3) is 0 Å². The fourth-order valence-corrected chi connectivity index (χ4v) is 10.8. The first-order chi connectivity index (χ1) is 40.3. The first-order valence-electron chi connectivity index (χ1n) is 29.6. The van der Waals surface area contributed by atoms with E-state index >= 15 is 0 Å². The fourth-order valence-electron chi connectivity index (χ4n) is 10.8. The molecule has 84 heavy (non-hydrogen) atoms. The Kier molecular flexibility index (Phi) is 23.4. The zero-order valence-corrected chi connectivity index (χ0v) is 49.0. The van der Waals surface area contributed by atoms with Crippen LogP contribution in [0.1, 0.15) is 101 Å². The summed E-state index contributed by atoms with van der Waals surface area (Å²) in [4.78, 5) is 62.8. The standard InChI is InChI=1S/C64H84F2N4O14/c1-63(2,43-81-53-19-11-45(12-20-53)39-55(71)69(41-47-7-15-49(65)16-8-47)51-23-29-67(30-24-51)33-27-57-77-35-5-36-78-57)83-61(75)59(73)60(74)62(76)84-64(3,4)44-82-54-21-13-46(14-22-54)40-56(72)70(42-48-9-17-50(66)18-10-48)52-25-31-68(32-26-52)34-28-58-79-37-6-38-80-58/h7-22,51-52,57-60,73-74H,5-6,23-44H2,1-4H3. The summed E-state index contributed by atoms with van der Waals surface area (Å²) in [5, 5.41) is 21.5. The van der Waals surface area contributed by atoms with Crippen molar-refractivity contribution in [1.29, 1.82) is 0 Å². The Balaban J connectivity index is 0.756. The minimum atomic E-state index is -2.28. The van der Waals surface area contributed by atoms with E-state index in [0.29, 0.717) is 51.0 Å². The Morgan fingerprint density at radius 1 is 0.524 bits per heavy atom. The summed E-state index contributed by atoms with van der Waals surface area (Å²) < 4.78 is 73.4. The van der Waals surface area contributed by atoms with Gasteiger partial charge >= 0.3 is 11.9 Å². The second-order valence-corrected chi connectivity index (χ2v) is 23.5. The molecular weight excluding hydrogens is 1090 g/mol. The summed E-state index contributed by atoms with van der Waals surface area (Å²) in [7, 11) is 0. The van der Waals surface area contributed by atoms with Gasteiger partial charge in [-0.05, 0) is 137 Å². The van der Waals surface area contributed by atoms with Crippen molar-refractivity contribution in [3.05, 3.63) is 131 Å². The summed E-state index contributed by atoms with van der Waals surface area (Å²) in [6.07, 6.45) is 1.93. The molecule has 0 aliphatic carbocycles. The van der Waals surface area contributed by atoms with Crippen LogP contribution in [-0.2, 0) is 73.5 Å². The van der Waals surface area contributed by atoms with Crippen molar-refractivity contribution in [3.63, 3.8) is 0 Å². The van der Waals surface area contributed by atoms with Crippen molar-refractivity contribution in [3.8, 4) is 11.5 Å². The monoisotopic (exact) mass is 1170 g/mol. The highest BCUT2D eigenvalue weighted by Gasteiger charge is 2.39. The maximum absolute atomic E-state index is 14.0. The van der Waals surface area contributed by atoms with Gasteiger partial charge in [-0.25, -0.2) is 18.4 Å². The van der Waals surface area contributed by atoms with E-state index in [1.165, 1.54) is 24.3 Å². The maximum atomic E-state index is 14.0. The fraction of sp³-hybridized carbons (Fsp3) is 0.562. The highest BCUT2D eigenvalue weighted by Crippen LogP contribution is 2.27. The van der Waals surface area contributed by atoms with Crippen LogP contribution in [0.2, 0.25) is 0 Å². The van der Waals surface area contributed by atoms with Gasteiger partial charge in [0.15, 0.2) is 24.8 Å². The summed E-state index contributed by atoms with van der Waals surface area (Å²) in [5.74, 6) is -2.50. The van der Waals surface area contributed by atoms with E-state index in [1.807, 2.05) is 9.80 Å². The smallest absolute Gasteiger partial charge is 0.339 e. The molecule has 4 fully saturated rings. The van der Waals surface area contributed by atoms with Gasteiger partial charge in [0.2, 0.25) is 11.8 Å². The van der Waals surface area contributed by atoms with Crippen LogP contribution in [-0.4, -0.2) is 181 Å². The molecule has 0 spiro atoms. The van der Waals surface area contributed by atoms with E-state index in [4.69, 9.17) is 37.9 Å². The Labute approximate surface area is 492 Å². The predicted molar refractivity (Wildman–Crippen MR) is 306 cm³/mol. The van der Waals surface area contributed by atoms with E-state index in [0.717, 1.165) is 113 Å². The molecule has 2 atom stereocenters. The number of hydrogen-bond acceptors (Lipinski definition) is 16. The number of piperidine rings is 2. The van der Waals surface area contributed by atoms with Gasteiger partial charge in [-0.1, -0.05) is 48.5 Å². The number of aliphatic hydroxyl groups excluding tert-OH is 2. The molecule has 4 heterocycles. The number of esters is 2. The Hall–Kier alpha value is -6.10. The molecule has 8 rings (SSSR count). The molecule has 0 radical (unpaired) electrons. The molecular formula is C64H84F2N4O14. The Bertz CT molecular complexity index is 2510. The van der Waals surface area contributed by atoms with E-state index in [2.05, 4.69) is 9.80 Å². The molecule has 0 saturated carbocycles. The first kappa shape index (κ1) is 63.9. The number of nitrogens with zero attached hydrogens (tertiary/aromatic N) is 4. The van der Waals surface area contributed by atoms with Crippen molar-refractivity contribution in [2.75, 3.05) is 78.9 Å². The molecule has 20 heteroatoms. The topological polar surface area (TPSA) is 196 Å². The predicted octanol–water partition coefficient (Wildman–Crippen LogP) is 7.17. The average molecular weight is 1170 g/mol. The van der Waals surface area contributed by atoms with E-state index < -0.39 is 35.3 Å².